The average Bonchev–Trinajstić information content (AvgIpc) is 2.44. The molecule has 1 N–H and O–H groups in total. The smallest absolute Gasteiger partial charge is 0.230 e. The van der Waals surface area contributed by atoms with Crippen molar-refractivity contribution < 1.29 is 4.79 Å². The third-order valence-corrected chi connectivity index (χ3v) is 5.25. The lowest BCUT2D eigenvalue weighted by molar-refractivity contribution is -0.147. The van der Waals surface area contributed by atoms with Gasteiger partial charge in [0.25, 0.3) is 0 Å². The summed E-state index contributed by atoms with van der Waals surface area (Å²) in [5, 5.41) is 3.42. The van der Waals surface area contributed by atoms with E-state index in [2.05, 4.69) is 42.9 Å². The van der Waals surface area contributed by atoms with E-state index in [4.69, 9.17) is 0 Å². The normalized spacial score (nSPS) is 37.4. The number of carbonyl (C=O) groups excluding carboxylic acids is 1. The zero-order valence-electron chi connectivity index (χ0n) is 12.9. The Morgan fingerprint density at radius 1 is 1.32 bits per heavy atom. The van der Waals surface area contributed by atoms with E-state index in [1.54, 1.807) is 0 Å². The van der Waals surface area contributed by atoms with Gasteiger partial charge in [-0.15, -0.1) is 0 Å². The first-order valence-corrected chi connectivity index (χ1v) is 7.72. The molecule has 2 heterocycles. The van der Waals surface area contributed by atoms with Crippen molar-refractivity contribution in [2.75, 3.05) is 33.2 Å². The number of hydrogen-bond acceptors (Lipinski definition) is 3. The molecule has 2 fully saturated rings. The summed E-state index contributed by atoms with van der Waals surface area (Å²) in [7, 11) is 2.16. The van der Waals surface area contributed by atoms with Crippen LogP contribution in [0.15, 0.2) is 0 Å². The topological polar surface area (TPSA) is 35.6 Å². The maximum atomic E-state index is 13.0. The summed E-state index contributed by atoms with van der Waals surface area (Å²) in [6.07, 6.45) is 3.12. The Hall–Kier alpha value is -0.610. The van der Waals surface area contributed by atoms with E-state index in [9.17, 15) is 4.79 Å². The van der Waals surface area contributed by atoms with E-state index in [-0.39, 0.29) is 5.41 Å². The molecular formula is C15H29N3O. The lowest BCUT2D eigenvalue weighted by Crippen LogP contribution is -2.60. The number of carbonyl (C=O) groups is 1. The minimum absolute atomic E-state index is 0.145. The lowest BCUT2D eigenvalue weighted by atomic mass is 9.76. The molecule has 3 atom stereocenters. The summed E-state index contributed by atoms with van der Waals surface area (Å²) in [6, 6.07) is 0.913. The lowest BCUT2D eigenvalue weighted by Gasteiger charge is -2.46. The van der Waals surface area contributed by atoms with Crippen molar-refractivity contribution in [1.29, 1.82) is 0 Å². The molecule has 0 radical (unpaired) electrons. The van der Waals surface area contributed by atoms with Gasteiger partial charge in [-0.1, -0.05) is 6.92 Å². The average molecular weight is 267 g/mol. The van der Waals surface area contributed by atoms with Gasteiger partial charge in [0, 0.05) is 31.7 Å². The van der Waals surface area contributed by atoms with Crippen molar-refractivity contribution in [3.05, 3.63) is 0 Å². The summed E-state index contributed by atoms with van der Waals surface area (Å²) in [5.74, 6) is 0.383. The van der Waals surface area contributed by atoms with Crippen molar-refractivity contribution >= 4 is 5.91 Å². The van der Waals surface area contributed by atoms with Crippen LogP contribution >= 0.6 is 0 Å². The van der Waals surface area contributed by atoms with Gasteiger partial charge in [0.05, 0.1) is 5.41 Å². The molecule has 2 aliphatic rings. The molecule has 3 unspecified atom stereocenters. The van der Waals surface area contributed by atoms with Gasteiger partial charge in [-0.25, -0.2) is 0 Å². The molecule has 0 saturated carbocycles. The van der Waals surface area contributed by atoms with Gasteiger partial charge >= 0.3 is 0 Å². The first-order chi connectivity index (χ1) is 9.00. The first kappa shape index (κ1) is 14.8. The molecule has 0 aromatic heterocycles. The van der Waals surface area contributed by atoms with Crippen LogP contribution in [0.5, 0.6) is 0 Å². The molecule has 2 saturated heterocycles. The summed E-state index contributed by atoms with van der Waals surface area (Å²) in [4.78, 5) is 17.5. The Morgan fingerprint density at radius 2 is 1.95 bits per heavy atom. The Kier molecular flexibility index (Phi) is 4.51. The van der Waals surface area contributed by atoms with Gasteiger partial charge in [0.2, 0.25) is 5.91 Å². The molecule has 19 heavy (non-hydrogen) atoms. The SMILES string of the molecule is CCC1(C(=O)N2CC(C)N(C)C(C)C2)CCCNC1. The molecule has 2 aliphatic heterocycles. The molecule has 1 amide bonds. The molecular weight excluding hydrogens is 238 g/mol. The molecule has 0 bridgehead atoms. The monoisotopic (exact) mass is 267 g/mol. The first-order valence-electron chi connectivity index (χ1n) is 7.72. The van der Waals surface area contributed by atoms with Gasteiger partial charge in [0.1, 0.15) is 0 Å². The summed E-state index contributed by atoms with van der Waals surface area (Å²) in [5.41, 5.74) is -0.145. The van der Waals surface area contributed by atoms with Crippen LogP contribution in [-0.4, -0.2) is 61.0 Å². The molecule has 0 spiro atoms. The van der Waals surface area contributed by atoms with Crippen molar-refractivity contribution in [1.82, 2.24) is 15.1 Å². The van der Waals surface area contributed by atoms with Crippen LogP contribution in [0.1, 0.15) is 40.0 Å². The second kappa shape index (κ2) is 5.80. The van der Waals surface area contributed by atoms with E-state index in [1.165, 1.54) is 0 Å². The van der Waals surface area contributed by atoms with Crippen LogP contribution in [0, 0.1) is 5.41 Å². The number of piperazine rings is 1. The predicted octanol–water partition coefficient (Wildman–Crippen LogP) is 1.32. The molecule has 0 aromatic rings. The minimum Gasteiger partial charge on any atom is -0.339 e. The maximum Gasteiger partial charge on any atom is 0.230 e. The molecule has 0 aliphatic carbocycles. The number of hydrogen-bond donors (Lipinski definition) is 1. The van der Waals surface area contributed by atoms with Crippen molar-refractivity contribution in [2.24, 2.45) is 5.41 Å². The highest BCUT2D eigenvalue weighted by atomic mass is 16.2. The Labute approximate surface area is 117 Å². The highest BCUT2D eigenvalue weighted by molar-refractivity contribution is 5.83. The summed E-state index contributed by atoms with van der Waals surface area (Å²) in [6.45, 7) is 10.3. The number of nitrogens with one attached hydrogen (secondary N) is 1. The Bertz CT molecular complexity index is 313. The van der Waals surface area contributed by atoms with Gasteiger partial charge in [-0.3, -0.25) is 9.69 Å². The van der Waals surface area contributed by atoms with Crippen LogP contribution in [-0.2, 0) is 4.79 Å². The zero-order valence-corrected chi connectivity index (χ0v) is 12.9. The van der Waals surface area contributed by atoms with E-state index >= 15 is 0 Å². The van der Waals surface area contributed by atoms with Gasteiger partial charge in [-0.2, -0.15) is 0 Å². The van der Waals surface area contributed by atoms with Crippen LogP contribution in [0.4, 0.5) is 0 Å². The second-order valence-electron chi connectivity index (χ2n) is 6.49. The van der Waals surface area contributed by atoms with E-state index in [0.29, 0.717) is 18.0 Å². The Balaban J connectivity index is 2.09. The van der Waals surface area contributed by atoms with Crippen molar-refractivity contribution in [2.45, 2.75) is 52.1 Å². The van der Waals surface area contributed by atoms with Crippen LogP contribution < -0.4 is 5.32 Å². The maximum absolute atomic E-state index is 13.0. The molecule has 2 rings (SSSR count). The van der Waals surface area contributed by atoms with E-state index < -0.39 is 0 Å². The summed E-state index contributed by atoms with van der Waals surface area (Å²) >= 11 is 0. The number of likely N-dealkylation sites (N-methyl/N-ethyl adjacent to an activating group) is 1. The fraction of sp³-hybridized carbons (Fsp3) is 0.933. The quantitative estimate of drug-likeness (QED) is 0.819. The largest absolute Gasteiger partial charge is 0.339 e. The van der Waals surface area contributed by atoms with Crippen LogP contribution in [0.3, 0.4) is 0 Å². The Morgan fingerprint density at radius 3 is 2.42 bits per heavy atom. The fourth-order valence-corrected chi connectivity index (χ4v) is 3.51. The fourth-order valence-electron chi connectivity index (χ4n) is 3.51. The second-order valence-corrected chi connectivity index (χ2v) is 6.49. The third-order valence-electron chi connectivity index (χ3n) is 5.25. The molecule has 4 nitrogen and oxygen atoms in total. The predicted molar refractivity (Wildman–Crippen MR) is 78.1 cm³/mol. The highest BCUT2D eigenvalue weighted by Crippen LogP contribution is 2.33. The highest BCUT2D eigenvalue weighted by Gasteiger charge is 2.42. The van der Waals surface area contributed by atoms with Gasteiger partial charge in [-0.05, 0) is 46.7 Å². The molecule has 0 aromatic carbocycles. The van der Waals surface area contributed by atoms with Crippen molar-refractivity contribution in [3.63, 3.8) is 0 Å². The zero-order chi connectivity index (χ0) is 14.0. The number of nitrogens with zero attached hydrogens (tertiary/aromatic N) is 2. The van der Waals surface area contributed by atoms with Gasteiger partial charge in [0.15, 0.2) is 0 Å². The number of amides is 1. The summed E-state index contributed by atoms with van der Waals surface area (Å²) < 4.78 is 0. The minimum atomic E-state index is -0.145. The number of rotatable bonds is 2. The van der Waals surface area contributed by atoms with E-state index in [0.717, 1.165) is 45.4 Å². The van der Waals surface area contributed by atoms with Gasteiger partial charge < -0.3 is 10.2 Å². The number of piperidine rings is 1. The van der Waals surface area contributed by atoms with Crippen LogP contribution in [0.2, 0.25) is 0 Å². The third kappa shape index (κ3) is 2.79. The molecule has 4 heteroatoms. The molecule has 110 valence electrons. The van der Waals surface area contributed by atoms with Crippen LogP contribution in [0.25, 0.3) is 0 Å². The standard InChI is InChI=1S/C15H29N3O/c1-5-15(7-6-8-16-11-15)14(19)18-9-12(2)17(4)13(3)10-18/h12-13,16H,5-11H2,1-4H3. The van der Waals surface area contributed by atoms with E-state index in [1.807, 2.05) is 0 Å². The van der Waals surface area contributed by atoms with Crippen molar-refractivity contribution in [3.8, 4) is 0 Å².